The molecule has 4 amide bonds. The Balaban J connectivity index is 1.58. The van der Waals surface area contributed by atoms with Crippen molar-refractivity contribution in [3.63, 3.8) is 0 Å². The number of amides is 4. The van der Waals surface area contributed by atoms with Crippen LogP contribution >= 0.6 is 0 Å². The number of nitrogens with zero attached hydrogens (tertiary/aromatic N) is 2. The summed E-state index contributed by atoms with van der Waals surface area (Å²) in [6, 6.07) is -3.83. The van der Waals surface area contributed by atoms with Gasteiger partial charge in [0, 0.05) is 24.9 Å². The predicted molar refractivity (Wildman–Crippen MR) is 120 cm³/mol. The van der Waals surface area contributed by atoms with Gasteiger partial charge in [0.1, 0.15) is 18.1 Å². The molecule has 0 aromatic rings. The molecule has 0 unspecified atom stereocenters. The summed E-state index contributed by atoms with van der Waals surface area (Å²) in [6.45, 7) is 0.405. The third kappa shape index (κ3) is 5.71. The molecule has 2 saturated carbocycles. The summed E-state index contributed by atoms with van der Waals surface area (Å²) in [5.41, 5.74) is 0. The van der Waals surface area contributed by atoms with E-state index in [1.54, 1.807) is 5.32 Å². The number of carbonyl (C=O) groups is 4. The number of fused-ring (bicyclic) bond motifs is 3. The molecule has 5 aliphatic rings. The van der Waals surface area contributed by atoms with Gasteiger partial charge in [0.05, 0.1) is 12.0 Å². The Hall–Kier alpha value is -2.98. The Kier molecular flexibility index (Phi) is 7.86. The molecule has 2 aliphatic carbocycles. The van der Waals surface area contributed by atoms with Crippen molar-refractivity contribution in [3.05, 3.63) is 0 Å². The van der Waals surface area contributed by atoms with Crippen molar-refractivity contribution >= 4 is 23.6 Å². The molecule has 0 radical (unpaired) electrons. The van der Waals surface area contributed by atoms with Crippen molar-refractivity contribution in [1.29, 1.82) is 5.26 Å². The molecule has 3 N–H and O–H groups in total. The van der Waals surface area contributed by atoms with E-state index < -0.39 is 72.2 Å². The molecule has 14 heteroatoms. The highest BCUT2D eigenvalue weighted by molar-refractivity contribution is 5.94. The fourth-order valence-corrected chi connectivity index (χ4v) is 6.08. The number of piperidine rings is 2. The van der Waals surface area contributed by atoms with Gasteiger partial charge in [-0.15, -0.1) is 0 Å². The highest BCUT2D eigenvalue weighted by Gasteiger charge is 2.61. The summed E-state index contributed by atoms with van der Waals surface area (Å²) < 4.78 is 68.9. The van der Waals surface area contributed by atoms with Gasteiger partial charge in [0.2, 0.25) is 17.7 Å². The molecule has 38 heavy (non-hydrogen) atoms. The second kappa shape index (κ2) is 10.6. The van der Waals surface area contributed by atoms with Gasteiger partial charge >= 0.3 is 12.1 Å². The fraction of sp³-hybridized carbons (Fsp3) is 0.792. The van der Waals surface area contributed by atoms with Gasteiger partial charge in [-0.05, 0) is 38.0 Å². The van der Waals surface area contributed by atoms with E-state index in [1.807, 2.05) is 6.07 Å². The Labute approximate surface area is 215 Å². The molecule has 210 valence electrons. The van der Waals surface area contributed by atoms with E-state index in [0.29, 0.717) is 25.8 Å². The van der Waals surface area contributed by atoms with Crippen molar-refractivity contribution < 1.29 is 41.1 Å². The lowest BCUT2D eigenvalue weighted by Crippen LogP contribution is -2.71. The highest BCUT2D eigenvalue weighted by Crippen LogP contribution is 2.49. The van der Waals surface area contributed by atoms with E-state index in [-0.39, 0.29) is 37.5 Å². The summed E-state index contributed by atoms with van der Waals surface area (Å²) in [7, 11) is 0. The van der Waals surface area contributed by atoms with Gasteiger partial charge in [-0.2, -0.15) is 18.4 Å². The van der Waals surface area contributed by atoms with Crippen LogP contribution in [0.2, 0.25) is 0 Å². The monoisotopic (exact) mass is 547 g/mol. The molecule has 3 aliphatic heterocycles. The molecule has 5 rings (SSSR count). The zero-order chi connectivity index (χ0) is 27.8. The SMILES string of the molecule is N#C[C@@H](C[C@@H]1CCNC1=O)NC(=O)[C@H]1[C@H]2CC[C@H](CC2(F)F)N1C(=O)[C@@H](CC1CCC1)NC(=O)C(F)(F)F. The maximum atomic E-state index is 14.9. The van der Waals surface area contributed by atoms with Crippen LogP contribution in [0.4, 0.5) is 22.0 Å². The highest BCUT2D eigenvalue weighted by atomic mass is 19.4. The fourth-order valence-electron chi connectivity index (χ4n) is 6.08. The van der Waals surface area contributed by atoms with Gasteiger partial charge in [-0.3, -0.25) is 19.2 Å². The molecule has 2 bridgehead atoms. The van der Waals surface area contributed by atoms with Crippen LogP contribution in [0.3, 0.4) is 0 Å². The lowest BCUT2D eigenvalue weighted by atomic mass is 9.71. The average Bonchev–Trinajstić information content (AvgIpc) is 3.21. The molecular weight excluding hydrogens is 517 g/mol. The number of carbonyl (C=O) groups excluding carboxylic acids is 4. The number of alkyl halides is 5. The minimum Gasteiger partial charge on any atom is -0.356 e. The zero-order valence-electron chi connectivity index (χ0n) is 20.5. The van der Waals surface area contributed by atoms with Crippen LogP contribution in [-0.2, 0) is 19.2 Å². The van der Waals surface area contributed by atoms with Crippen LogP contribution < -0.4 is 16.0 Å². The molecule has 6 atom stereocenters. The summed E-state index contributed by atoms with van der Waals surface area (Å²) in [6.07, 6.45) is -3.56. The summed E-state index contributed by atoms with van der Waals surface area (Å²) >= 11 is 0. The van der Waals surface area contributed by atoms with Crippen LogP contribution in [0.25, 0.3) is 0 Å². The van der Waals surface area contributed by atoms with Gasteiger partial charge in [-0.25, -0.2) is 8.78 Å². The third-order valence-corrected chi connectivity index (χ3v) is 8.27. The van der Waals surface area contributed by atoms with Gasteiger partial charge < -0.3 is 20.9 Å². The largest absolute Gasteiger partial charge is 0.471 e. The van der Waals surface area contributed by atoms with E-state index in [0.717, 1.165) is 11.3 Å². The molecule has 9 nitrogen and oxygen atoms in total. The average molecular weight is 548 g/mol. The first-order valence-electron chi connectivity index (χ1n) is 12.9. The standard InChI is InChI=1S/C24H30F5N5O4/c25-23(26)10-15-4-5-16(23)18(20(36)32-14(11-30)9-13-6-7-31-19(13)35)34(15)21(37)17(8-12-2-1-3-12)33-22(38)24(27,28)29/h12-18H,1-10H2,(H,31,35)(H,32,36)(H,33,38)/t13-,14+,15+,16+,17+,18+/m0/s1. The van der Waals surface area contributed by atoms with Gasteiger partial charge in [0.25, 0.3) is 5.92 Å². The van der Waals surface area contributed by atoms with Crippen molar-refractivity contribution in [2.75, 3.05) is 6.54 Å². The Morgan fingerprint density at radius 2 is 1.82 bits per heavy atom. The summed E-state index contributed by atoms with van der Waals surface area (Å²) in [5.74, 6) is -10.2. The van der Waals surface area contributed by atoms with E-state index >= 15 is 0 Å². The predicted octanol–water partition coefficient (Wildman–Crippen LogP) is 1.77. The van der Waals surface area contributed by atoms with E-state index in [2.05, 4.69) is 10.6 Å². The van der Waals surface area contributed by atoms with Crippen molar-refractivity contribution in [2.45, 2.75) is 94.1 Å². The number of nitrogens with one attached hydrogen (secondary N) is 3. The summed E-state index contributed by atoms with van der Waals surface area (Å²) in [5, 5.41) is 16.3. The molecule has 0 spiro atoms. The Bertz CT molecular complexity index is 1010. The first-order valence-corrected chi connectivity index (χ1v) is 12.9. The third-order valence-electron chi connectivity index (χ3n) is 8.27. The molecule has 3 heterocycles. The van der Waals surface area contributed by atoms with E-state index in [9.17, 15) is 46.4 Å². The van der Waals surface area contributed by atoms with Crippen LogP contribution in [0.5, 0.6) is 0 Å². The summed E-state index contributed by atoms with van der Waals surface area (Å²) in [4.78, 5) is 51.5. The lowest BCUT2D eigenvalue weighted by Gasteiger charge is -2.54. The maximum absolute atomic E-state index is 14.9. The van der Waals surface area contributed by atoms with Crippen LogP contribution in [0.1, 0.15) is 57.8 Å². The number of hydrogen-bond acceptors (Lipinski definition) is 5. The van der Waals surface area contributed by atoms with E-state index in [1.165, 1.54) is 0 Å². The lowest BCUT2D eigenvalue weighted by molar-refractivity contribution is -0.196. The Morgan fingerprint density at radius 1 is 1.11 bits per heavy atom. The zero-order valence-corrected chi connectivity index (χ0v) is 20.5. The number of hydrogen-bond donors (Lipinski definition) is 3. The molecule has 0 aromatic carbocycles. The minimum absolute atomic E-state index is 0.0504. The smallest absolute Gasteiger partial charge is 0.356 e. The van der Waals surface area contributed by atoms with Crippen molar-refractivity contribution in [1.82, 2.24) is 20.9 Å². The van der Waals surface area contributed by atoms with Crippen molar-refractivity contribution in [3.8, 4) is 6.07 Å². The first kappa shape index (κ1) is 28.0. The molecule has 3 saturated heterocycles. The topological polar surface area (TPSA) is 131 Å². The number of halogens is 5. The van der Waals surface area contributed by atoms with Gasteiger partial charge in [-0.1, -0.05) is 19.3 Å². The van der Waals surface area contributed by atoms with Crippen LogP contribution in [0.15, 0.2) is 0 Å². The van der Waals surface area contributed by atoms with Crippen molar-refractivity contribution in [2.24, 2.45) is 17.8 Å². The first-order chi connectivity index (χ1) is 17.8. The Morgan fingerprint density at radius 3 is 2.34 bits per heavy atom. The normalized spacial score (nSPS) is 30.0. The number of nitriles is 1. The maximum Gasteiger partial charge on any atom is 0.471 e. The van der Waals surface area contributed by atoms with E-state index in [4.69, 9.17) is 0 Å². The second-order valence-corrected chi connectivity index (χ2v) is 10.8. The number of rotatable bonds is 8. The van der Waals surface area contributed by atoms with Gasteiger partial charge in [0.15, 0.2) is 0 Å². The minimum atomic E-state index is -5.25. The quantitative estimate of drug-likeness (QED) is 0.399. The second-order valence-electron chi connectivity index (χ2n) is 10.8. The molecule has 0 aromatic heterocycles. The molecule has 5 fully saturated rings. The van der Waals surface area contributed by atoms with Crippen LogP contribution in [0, 0.1) is 29.1 Å². The molecular formula is C24H30F5N5O4. The van der Waals surface area contributed by atoms with Crippen LogP contribution in [-0.4, -0.2) is 71.3 Å².